The Hall–Kier alpha value is -2.15. The highest BCUT2D eigenvalue weighted by Crippen LogP contribution is 2.29. The first-order chi connectivity index (χ1) is 10.9. The Labute approximate surface area is 135 Å². The number of hydrogen-bond acceptors (Lipinski definition) is 6. The molecule has 0 spiro atoms. The fourth-order valence-electron chi connectivity index (χ4n) is 2.89. The van der Waals surface area contributed by atoms with Gasteiger partial charge >= 0.3 is 5.97 Å². The second-order valence-corrected chi connectivity index (χ2v) is 5.77. The second-order valence-electron chi connectivity index (χ2n) is 5.77. The van der Waals surface area contributed by atoms with Gasteiger partial charge in [-0.2, -0.15) is 0 Å². The van der Waals surface area contributed by atoms with Crippen molar-refractivity contribution in [1.29, 1.82) is 0 Å². The Kier molecular flexibility index (Phi) is 5.54. The lowest BCUT2D eigenvalue weighted by molar-refractivity contribution is -0.385. The monoisotopic (exact) mass is 322 g/mol. The predicted molar refractivity (Wildman–Crippen MR) is 85.7 cm³/mol. The van der Waals surface area contributed by atoms with Gasteiger partial charge in [0.2, 0.25) is 0 Å². The fraction of sp³-hybridized carbons (Fsp3) is 0.562. The highest BCUT2D eigenvalue weighted by Gasteiger charge is 2.27. The first-order valence-electron chi connectivity index (χ1n) is 7.82. The highest BCUT2D eigenvalue weighted by atomic mass is 16.6. The quantitative estimate of drug-likeness (QED) is 0.508. The van der Waals surface area contributed by atoms with E-state index in [1.807, 2.05) is 4.90 Å². The number of hydrogen-bond donors (Lipinski definition) is 1. The average molecular weight is 322 g/mol. The third kappa shape index (κ3) is 3.98. The predicted octanol–water partition coefficient (Wildman–Crippen LogP) is 2.37. The van der Waals surface area contributed by atoms with Crippen molar-refractivity contribution in [3.63, 3.8) is 0 Å². The number of benzene rings is 1. The van der Waals surface area contributed by atoms with Crippen LogP contribution in [0.2, 0.25) is 0 Å². The van der Waals surface area contributed by atoms with Crippen LogP contribution in [0.25, 0.3) is 0 Å². The molecule has 0 aromatic heterocycles. The summed E-state index contributed by atoms with van der Waals surface area (Å²) in [5.74, 6) is -0.532. The molecule has 0 radical (unpaired) electrons. The van der Waals surface area contributed by atoms with Crippen LogP contribution in [0.15, 0.2) is 18.2 Å². The SMILES string of the molecule is CCOC(=O)c1cc(N2CCCC(C(C)O)C2)ccc1[N+](=O)[O-]. The molecule has 0 aliphatic carbocycles. The lowest BCUT2D eigenvalue weighted by atomic mass is 9.93. The van der Waals surface area contributed by atoms with Gasteiger partial charge in [-0.3, -0.25) is 10.1 Å². The molecule has 0 bridgehead atoms. The van der Waals surface area contributed by atoms with E-state index < -0.39 is 17.0 Å². The molecule has 2 unspecified atom stereocenters. The molecule has 1 aromatic rings. The number of piperidine rings is 1. The molecule has 7 heteroatoms. The smallest absolute Gasteiger partial charge is 0.345 e. The maximum Gasteiger partial charge on any atom is 0.345 e. The van der Waals surface area contributed by atoms with Crippen molar-refractivity contribution in [2.45, 2.75) is 32.8 Å². The highest BCUT2D eigenvalue weighted by molar-refractivity contribution is 5.95. The third-order valence-electron chi connectivity index (χ3n) is 4.18. The van der Waals surface area contributed by atoms with Crippen LogP contribution in [0.3, 0.4) is 0 Å². The summed E-state index contributed by atoms with van der Waals surface area (Å²) in [5.41, 5.74) is 0.453. The summed E-state index contributed by atoms with van der Waals surface area (Å²) < 4.78 is 4.92. The maximum absolute atomic E-state index is 12.0. The molecule has 1 fully saturated rings. The molecule has 2 atom stereocenters. The topological polar surface area (TPSA) is 92.9 Å². The van der Waals surface area contributed by atoms with Crippen LogP contribution in [0.5, 0.6) is 0 Å². The van der Waals surface area contributed by atoms with E-state index in [9.17, 15) is 20.0 Å². The number of nitro benzene ring substituents is 1. The molecule has 2 rings (SSSR count). The number of carbonyl (C=O) groups is 1. The van der Waals surface area contributed by atoms with Crippen LogP contribution in [-0.4, -0.2) is 41.8 Å². The molecule has 1 N–H and O–H groups in total. The zero-order chi connectivity index (χ0) is 17.0. The van der Waals surface area contributed by atoms with Crippen LogP contribution in [-0.2, 0) is 4.74 Å². The number of anilines is 1. The zero-order valence-corrected chi connectivity index (χ0v) is 13.4. The summed E-state index contributed by atoms with van der Waals surface area (Å²) in [6.45, 7) is 5.05. The van der Waals surface area contributed by atoms with Crippen LogP contribution in [0.1, 0.15) is 37.0 Å². The number of rotatable bonds is 5. The van der Waals surface area contributed by atoms with Gasteiger partial charge in [0.1, 0.15) is 5.56 Å². The number of aliphatic hydroxyl groups is 1. The molecular weight excluding hydrogens is 300 g/mol. The van der Waals surface area contributed by atoms with Crippen molar-refractivity contribution < 1.29 is 19.6 Å². The van der Waals surface area contributed by atoms with E-state index in [0.29, 0.717) is 6.54 Å². The normalized spacial score (nSPS) is 19.3. The number of esters is 1. The van der Waals surface area contributed by atoms with Crippen molar-refractivity contribution in [3.05, 3.63) is 33.9 Å². The number of aliphatic hydroxyl groups excluding tert-OH is 1. The molecule has 23 heavy (non-hydrogen) atoms. The Morgan fingerprint density at radius 2 is 2.30 bits per heavy atom. The first kappa shape index (κ1) is 17.2. The number of nitro groups is 1. The Balaban J connectivity index is 2.31. The summed E-state index contributed by atoms with van der Waals surface area (Å²) in [4.78, 5) is 24.6. The van der Waals surface area contributed by atoms with Gasteiger partial charge in [0.05, 0.1) is 17.6 Å². The van der Waals surface area contributed by atoms with E-state index in [-0.39, 0.29) is 23.8 Å². The molecule has 1 aliphatic heterocycles. The lowest BCUT2D eigenvalue weighted by Gasteiger charge is -2.35. The van der Waals surface area contributed by atoms with Crippen LogP contribution >= 0.6 is 0 Å². The zero-order valence-electron chi connectivity index (χ0n) is 13.4. The van der Waals surface area contributed by atoms with Gasteiger partial charge < -0.3 is 14.7 Å². The van der Waals surface area contributed by atoms with Crippen molar-refractivity contribution in [1.82, 2.24) is 0 Å². The minimum atomic E-state index is -0.690. The van der Waals surface area contributed by atoms with Crippen molar-refractivity contribution in [2.75, 3.05) is 24.6 Å². The van der Waals surface area contributed by atoms with Crippen LogP contribution < -0.4 is 4.90 Å². The summed E-state index contributed by atoms with van der Waals surface area (Å²) in [5, 5.41) is 20.9. The van der Waals surface area contributed by atoms with E-state index in [0.717, 1.165) is 25.1 Å². The van der Waals surface area contributed by atoms with Gasteiger partial charge in [-0.1, -0.05) is 0 Å². The van der Waals surface area contributed by atoms with E-state index in [2.05, 4.69) is 0 Å². The standard InChI is InChI=1S/C16H22N2O5/c1-3-23-16(20)14-9-13(6-7-15(14)18(21)22)17-8-4-5-12(10-17)11(2)19/h6-7,9,11-12,19H,3-5,8,10H2,1-2H3. The largest absolute Gasteiger partial charge is 0.462 e. The third-order valence-corrected chi connectivity index (χ3v) is 4.18. The van der Waals surface area contributed by atoms with Gasteiger partial charge in [0.25, 0.3) is 5.69 Å². The summed E-state index contributed by atoms with van der Waals surface area (Å²) in [6, 6.07) is 4.50. The number of ether oxygens (including phenoxy) is 1. The lowest BCUT2D eigenvalue weighted by Crippen LogP contribution is -2.39. The van der Waals surface area contributed by atoms with E-state index >= 15 is 0 Å². The van der Waals surface area contributed by atoms with Crippen molar-refractivity contribution in [3.8, 4) is 0 Å². The molecule has 1 saturated heterocycles. The van der Waals surface area contributed by atoms with Crippen molar-refractivity contribution in [2.24, 2.45) is 5.92 Å². The summed E-state index contributed by atoms with van der Waals surface area (Å²) in [7, 11) is 0. The molecular formula is C16H22N2O5. The molecule has 126 valence electrons. The van der Waals surface area contributed by atoms with Crippen molar-refractivity contribution >= 4 is 17.3 Å². The second kappa shape index (κ2) is 7.41. The molecule has 0 amide bonds. The van der Waals surface area contributed by atoms with Gasteiger partial charge in [-0.05, 0) is 38.8 Å². The van der Waals surface area contributed by atoms with E-state index in [4.69, 9.17) is 4.74 Å². The summed E-state index contributed by atoms with van der Waals surface area (Å²) in [6.07, 6.45) is 1.48. The van der Waals surface area contributed by atoms with Gasteiger partial charge in [-0.25, -0.2) is 4.79 Å². The number of carbonyl (C=O) groups excluding carboxylic acids is 1. The average Bonchev–Trinajstić information content (AvgIpc) is 2.54. The molecule has 1 heterocycles. The van der Waals surface area contributed by atoms with Gasteiger partial charge in [0, 0.05) is 30.8 Å². The van der Waals surface area contributed by atoms with Crippen LogP contribution in [0, 0.1) is 16.0 Å². The minimum Gasteiger partial charge on any atom is -0.462 e. The van der Waals surface area contributed by atoms with E-state index in [1.54, 1.807) is 19.9 Å². The molecule has 1 aliphatic rings. The Morgan fingerprint density at radius 3 is 2.91 bits per heavy atom. The fourth-order valence-corrected chi connectivity index (χ4v) is 2.89. The Morgan fingerprint density at radius 1 is 1.57 bits per heavy atom. The first-order valence-corrected chi connectivity index (χ1v) is 7.82. The van der Waals surface area contributed by atoms with Gasteiger partial charge in [-0.15, -0.1) is 0 Å². The maximum atomic E-state index is 12.0. The summed E-state index contributed by atoms with van der Waals surface area (Å²) >= 11 is 0. The Bertz CT molecular complexity index is 588. The van der Waals surface area contributed by atoms with Gasteiger partial charge in [0.15, 0.2) is 0 Å². The molecule has 1 aromatic carbocycles. The molecule has 0 saturated carbocycles. The minimum absolute atomic E-state index is 0.0338. The van der Waals surface area contributed by atoms with Crippen LogP contribution in [0.4, 0.5) is 11.4 Å². The molecule has 7 nitrogen and oxygen atoms in total. The van der Waals surface area contributed by atoms with E-state index in [1.165, 1.54) is 12.1 Å². The number of nitrogens with zero attached hydrogens (tertiary/aromatic N) is 2.